The molecule has 2 atom stereocenters. The Balaban J connectivity index is 1.66. The van der Waals surface area contributed by atoms with Gasteiger partial charge in [-0.05, 0) is 12.5 Å². The quantitative estimate of drug-likeness (QED) is 0.658. The lowest BCUT2D eigenvalue weighted by molar-refractivity contribution is 0.0359. The van der Waals surface area contributed by atoms with Gasteiger partial charge in [0.2, 0.25) is 25.9 Å². The third-order valence-corrected chi connectivity index (χ3v) is 7.41. The van der Waals surface area contributed by atoms with E-state index in [-0.39, 0.29) is 48.2 Å². The van der Waals surface area contributed by atoms with E-state index in [1.807, 2.05) is 0 Å². The van der Waals surface area contributed by atoms with Crippen molar-refractivity contribution in [1.82, 2.24) is 24.2 Å². The number of alkyl halides is 2. The maximum absolute atomic E-state index is 13.2. The first kappa shape index (κ1) is 21.2. The van der Waals surface area contributed by atoms with Gasteiger partial charge in [-0.3, -0.25) is 4.98 Å². The van der Waals surface area contributed by atoms with E-state index in [4.69, 9.17) is 9.15 Å². The summed E-state index contributed by atoms with van der Waals surface area (Å²) in [6.07, 6.45) is -0.427. The van der Waals surface area contributed by atoms with Gasteiger partial charge in [0.1, 0.15) is 4.90 Å². The SMILES string of the molecule is CS(=O)(=O)N[C@@H]1COCC[C@H]1N1Cc2ncc(-c3nnc(C(F)F)o3)cc2S1(=O)=O. The van der Waals surface area contributed by atoms with Gasteiger partial charge >= 0.3 is 6.43 Å². The normalized spacial score (nSPS) is 24.3. The Bertz CT molecular complexity index is 1170. The molecule has 1 fully saturated rings. The van der Waals surface area contributed by atoms with Crippen molar-refractivity contribution in [2.75, 3.05) is 19.5 Å². The van der Waals surface area contributed by atoms with Crippen molar-refractivity contribution in [3.63, 3.8) is 0 Å². The molecule has 0 bridgehead atoms. The van der Waals surface area contributed by atoms with E-state index in [9.17, 15) is 25.6 Å². The lowest BCUT2D eigenvalue weighted by Crippen LogP contribution is -2.56. The maximum Gasteiger partial charge on any atom is 0.314 e. The van der Waals surface area contributed by atoms with Crippen LogP contribution < -0.4 is 4.72 Å². The Hall–Kier alpha value is -2.07. The van der Waals surface area contributed by atoms with E-state index < -0.39 is 44.4 Å². The molecule has 0 amide bonds. The Morgan fingerprint density at radius 3 is 2.77 bits per heavy atom. The molecule has 0 radical (unpaired) electrons. The van der Waals surface area contributed by atoms with Crippen LogP contribution in [-0.2, 0) is 31.3 Å². The highest BCUT2D eigenvalue weighted by Gasteiger charge is 2.45. The Morgan fingerprint density at radius 2 is 2.10 bits per heavy atom. The Morgan fingerprint density at radius 1 is 1.33 bits per heavy atom. The van der Waals surface area contributed by atoms with E-state index in [1.54, 1.807) is 0 Å². The van der Waals surface area contributed by atoms with Crippen molar-refractivity contribution in [3.05, 3.63) is 23.8 Å². The number of rotatable bonds is 5. The molecule has 164 valence electrons. The van der Waals surface area contributed by atoms with Crippen LogP contribution in [0.4, 0.5) is 8.78 Å². The topological polar surface area (TPSA) is 145 Å². The molecule has 0 spiro atoms. The van der Waals surface area contributed by atoms with Gasteiger partial charge in [-0.2, -0.15) is 13.1 Å². The molecule has 1 saturated heterocycles. The molecule has 4 rings (SSSR count). The van der Waals surface area contributed by atoms with Crippen molar-refractivity contribution in [3.8, 4) is 11.5 Å². The van der Waals surface area contributed by atoms with E-state index in [0.717, 1.165) is 6.26 Å². The van der Waals surface area contributed by atoms with Crippen LogP contribution in [0.1, 0.15) is 24.4 Å². The summed E-state index contributed by atoms with van der Waals surface area (Å²) in [6, 6.07) is -0.203. The predicted molar refractivity (Wildman–Crippen MR) is 96.2 cm³/mol. The minimum absolute atomic E-state index is 0.0250. The van der Waals surface area contributed by atoms with Gasteiger partial charge in [-0.15, -0.1) is 10.2 Å². The van der Waals surface area contributed by atoms with E-state index >= 15 is 0 Å². The zero-order chi connectivity index (χ0) is 21.7. The molecule has 2 aliphatic heterocycles. The first-order valence-electron chi connectivity index (χ1n) is 8.74. The number of nitrogens with zero attached hydrogens (tertiary/aromatic N) is 4. The Labute approximate surface area is 170 Å². The molecule has 11 nitrogen and oxygen atoms in total. The number of aromatic nitrogens is 3. The van der Waals surface area contributed by atoms with Crippen LogP contribution in [0.5, 0.6) is 0 Å². The summed E-state index contributed by atoms with van der Waals surface area (Å²) in [5.74, 6) is -1.16. The van der Waals surface area contributed by atoms with Gasteiger partial charge in [0.25, 0.3) is 5.89 Å². The summed E-state index contributed by atoms with van der Waals surface area (Å²) in [5.41, 5.74) is 0.327. The number of ether oxygens (including phenoxy) is 1. The van der Waals surface area contributed by atoms with Crippen LogP contribution in [0.15, 0.2) is 21.6 Å². The minimum atomic E-state index is -4.03. The number of sulfonamides is 2. The van der Waals surface area contributed by atoms with Crippen molar-refractivity contribution < 1.29 is 34.8 Å². The zero-order valence-electron chi connectivity index (χ0n) is 15.5. The highest BCUT2D eigenvalue weighted by Crippen LogP contribution is 2.36. The summed E-state index contributed by atoms with van der Waals surface area (Å²) in [5, 5.41) is 6.72. The van der Waals surface area contributed by atoms with E-state index in [1.165, 1.54) is 16.6 Å². The van der Waals surface area contributed by atoms with Gasteiger partial charge in [-0.1, -0.05) is 0 Å². The number of nitrogens with one attached hydrogen (secondary N) is 1. The predicted octanol–water partition coefficient (Wildman–Crippen LogP) is 0.280. The van der Waals surface area contributed by atoms with Crippen LogP contribution in [0.2, 0.25) is 0 Å². The zero-order valence-corrected chi connectivity index (χ0v) is 17.2. The fourth-order valence-corrected chi connectivity index (χ4v) is 6.10. The van der Waals surface area contributed by atoms with Crippen molar-refractivity contribution in [2.24, 2.45) is 0 Å². The molecule has 1 N–H and O–H groups in total. The molecule has 0 saturated carbocycles. The lowest BCUT2D eigenvalue weighted by Gasteiger charge is -2.36. The highest BCUT2D eigenvalue weighted by molar-refractivity contribution is 7.89. The van der Waals surface area contributed by atoms with E-state index in [0.29, 0.717) is 0 Å². The third-order valence-electron chi connectivity index (χ3n) is 4.75. The minimum Gasteiger partial charge on any atom is -0.415 e. The monoisotopic (exact) mass is 465 g/mol. The first-order chi connectivity index (χ1) is 14.1. The van der Waals surface area contributed by atoms with Crippen LogP contribution in [0.3, 0.4) is 0 Å². The van der Waals surface area contributed by atoms with Crippen molar-refractivity contribution in [1.29, 1.82) is 0 Å². The number of hydrogen-bond acceptors (Lipinski definition) is 9. The molecule has 2 aliphatic rings. The molecular weight excluding hydrogens is 448 g/mol. The fraction of sp³-hybridized carbons (Fsp3) is 0.533. The van der Waals surface area contributed by atoms with Crippen molar-refractivity contribution in [2.45, 2.75) is 36.4 Å². The summed E-state index contributed by atoms with van der Waals surface area (Å²) < 4.78 is 88.8. The average Bonchev–Trinajstić information content (AvgIpc) is 3.24. The number of pyridine rings is 1. The van der Waals surface area contributed by atoms with Gasteiger partial charge in [-0.25, -0.2) is 21.6 Å². The van der Waals surface area contributed by atoms with Crippen LogP contribution in [-0.4, -0.2) is 67.9 Å². The second-order valence-corrected chi connectivity index (χ2v) is 10.5. The number of hydrogen-bond donors (Lipinski definition) is 1. The number of halogens is 2. The summed E-state index contributed by atoms with van der Waals surface area (Å²) >= 11 is 0. The first-order valence-corrected chi connectivity index (χ1v) is 12.1. The van der Waals surface area contributed by atoms with Crippen LogP contribution in [0, 0.1) is 0 Å². The highest BCUT2D eigenvalue weighted by atomic mass is 32.2. The lowest BCUT2D eigenvalue weighted by atomic mass is 10.0. The van der Waals surface area contributed by atoms with Gasteiger partial charge in [0.15, 0.2) is 0 Å². The van der Waals surface area contributed by atoms with Gasteiger partial charge < -0.3 is 9.15 Å². The Kier molecular flexibility index (Phi) is 5.34. The largest absolute Gasteiger partial charge is 0.415 e. The van der Waals surface area contributed by atoms with E-state index in [2.05, 4.69) is 19.9 Å². The molecule has 2 aromatic rings. The van der Waals surface area contributed by atoms with Crippen molar-refractivity contribution >= 4 is 20.0 Å². The summed E-state index contributed by atoms with van der Waals surface area (Å²) in [4.78, 5) is 4.00. The second kappa shape index (κ2) is 7.56. The maximum atomic E-state index is 13.2. The molecule has 0 aromatic carbocycles. The molecule has 30 heavy (non-hydrogen) atoms. The second-order valence-electron chi connectivity index (χ2n) is 6.89. The average molecular weight is 465 g/mol. The third kappa shape index (κ3) is 3.94. The standard InChI is InChI=1S/C15H17F2N5O6S2/c1-29(23,24)21-10-7-27-3-2-11(10)22-6-9-12(30(22,25)26)4-8(5-18-9)14-19-20-15(28-14)13(16)17/h4-5,10-11,13,21H,2-3,6-7H2,1H3/t10-,11-/m1/s1. The summed E-state index contributed by atoms with van der Waals surface area (Å²) in [7, 11) is -7.63. The molecule has 15 heteroatoms. The fourth-order valence-electron chi connectivity index (χ4n) is 3.48. The molecule has 0 unspecified atom stereocenters. The number of fused-ring (bicyclic) bond motifs is 1. The van der Waals surface area contributed by atoms with Gasteiger partial charge in [0, 0.05) is 18.8 Å². The molecule has 4 heterocycles. The molecule has 2 aromatic heterocycles. The molecule has 0 aliphatic carbocycles. The van der Waals surface area contributed by atoms with Crippen LogP contribution >= 0.6 is 0 Å². The van der Waals surface area contributed by atoms with Gasteiger partial charge in [0.05, 0.1) is 36.7 Å². The molecular formula is C15H17F2N5O6S2. The smallest absolute Gasteiger partial charge is 0.314 e. The van der Waals surface area contributed by atoms with Crippen LogP contribution in [0.25, 0.3) is 11.5 Å². The summed E-state index contributed by atoms with van der Waals surface area (Å²) in [6.45, 7) is 0.236.